The highest BCUT2D eigenvalue weighted by atomic mass is 32.2. The number of hydrogen-bond acceptors (Lipinski definition) is 6. The van der Waals surface area contributed by atoms with E-state index < -0.39 is 9.84 Å². The lowest BCUT2D eigenvalue weighted by atomic mass is 10.1. The molecule has 0 spiro atoms. The van der Waals surface area contributed by atoms with E-state index >= 15 is 0 Å². The summed E-state index contributed by atoms with van der Waals surface area (Å²) in [5.41, 5.74) is 0. The Morgan fingerprint density at radius 2 is 1.81 bits per heavy atom. The molecule has 1 aliphatic heterocycles. The van der Waals surface area contributed by atoms with Crippen molar-refractivity contribution in [3.8, 4) is 0 Å². The molecule has 1 aromatic carbocycles. The van der Waals surface area contributed by atoms with Crippen LogP contribution in [0.1, 0.15) is 17.8 Å². The zero-order chi connectivity index (χ0) is 14.9. The topological polar surface area (TPSA) is 63.2 Å². The van der Waals surface area contributed by atoms with E-state index in [1.165, 1.54) is 0 Å². The summed E-state index contributed by atoms with van der Waals surface area (Å²) in [4.78, 5) is 2.55. The van der Waals surface area contributed by atoms with E-state index in [-0.39, 0.29) is 5.25 Å². The summed E-state index contributed by atoms with van der Waals surface area (Å²) in [6.07, 6.45) is 1.27. The van der Waals surface area contributed by atoms with Crippen LogP contribution in [-0.2, 0) is 9.84 Å². The molecule has 0 saturated carbocycles. The maximum atomic E-state index is 12.6. The third kappa shape index (κ3) is 2.94. The van der Waals surface area contributed by atoms with E-state index in [1.807, 2.05) is 13.0 Å². The van der Waals surface area contributed by atoms with Crippen molar-refractivity contribution in [1.82, 2.24) is 10.2 Å². The highest BCUT2D eigenvalue weighted by Gasteiger charge is 2.31. The lowest BCUT2D eigenvalue weighted by Crippen LogP contribution is -2.39. The zero-order valence-corrected chi connectivity index (χ0v) is 13.4. The Hall–Kier alpha value is -1.47. The fourth-order valence-corrected chi connectivity index (χ4v) is 5.07. The second kappa shape index (κ2) is 5.73. The molecular formula is C14H17N3O2S2. The maximum absolute atomic E-state index is 12.6. The smallest absolute Gasteiger partial charge is 0.208 e. The van der Waals surface area contributed by atoms with Crippen LogP contribution in [0.5, 0.6) is 0 Å². The first kappa shape index (κ1) is 14.5. The van der Waals surface area contributed by atoms with Crippen LogP contribution in [0.3, 0.4) is 0 Å². The predicted molar refractivity (Wildman–Crippen MR) is 83.5 cm³/mol. The monoisotopic (exact) mass is 323 g/mol. The van der Waals surface area contributed by atoms with Crippen LogP contribution < -0.4 is 4.90 Å². The average Bonchev–Trinajstić information content (AvgIpc) is 2.95. The van der Waals surface area contributed by atoms with Crippen molar-refractivity contribution in [3.63, 3.8) is 0 Å². The normalized spacial score (nSPS) is 17.1. The molecule has 0 unspecified atom stereocenters. The van der Waals surface area contributed by atoms with Crippen LogP contribution in [0.15, 0.2) is 35.2 Å². The minimum atomic E-state index is -3.22. The van der Waals surface area contributed by atoms with Crippen molar-refractivity contribution in [2.45, 2.75) is 29.9 Å². The van der Waals surface area contributed by atoms with Crippen LogP contribution in [0.4, 0.5) is 5.13 Å². The number of hydrogen-bond donors (Lipinski definition) is 0. The number of rotatable bonds is 3. The van der Waals surface area contributed by atoms with Gasteiger partial charge in [-0.25, -0.2) is 8.42 Å². The zero-order valence-electron chi connectivity index (χ0n) is 11.8. The molecule has 1 aromatic heterocycles. The van der Waals surface area contributed by atoms with Crippen molar-refractivity contribution in [1.29, 1.82) is 0 Å². The minimum absolute atomic E-state index is 0.301. The number of aryl methyl sites for hydroxylation is 1. The average molecular weight is 323 g/mol. The summed E-state index contributed by atoms with van der Waals surface area (Å²) >= 11 is 1.55. The van der Waals surface area contributed by atoms with E-state index in [4.69, 9.17) is 0 Å². The first-order chi connectivity index (χ1) is 10.1. The number of anilines is 1. The number of aromatic nitrogens is 2. The highest BCUT2D eigenvalue weighted by molar-refractivity contribution is 7.92. The summed E-state index contributed by atoms with van der Waals surface area (Å²) in [5, 5.41) is 9.67. The van der Waals surface area contributed by atoms with E-state index in [0.29, 0.717) is 30.8 Å². The van der Waals surface area contributed by atoms with Crippen LogP contribution in [0, 0.1) is 6.92 Å². The molecule has 0 aliphatic carbocycles. The predicted octanol–water partition coefficient (Wildman–Crippen LogP) is 2.29. The number of nitrogens with zero attached hydrogens (tertiary/aromatic N) is 3. The standard InChI is InChI=1S/C14H17N3O2S2/c1-11-15-16-14(20-11)17-9-7-13(8-10-17)21(18,19)12-5-3-2-4-6-12/h2-6,13H,7-10H2,1H3. The molecule has 2 aromatic rings. The van der Waals surface area contributed by atoms with Gasteiger partial charge in [0.1, 0.15) is 5.01 Å². The van der Waals surface area contributed by atoms with E-state index in [1.54, 1.807) is 35.6 Å². The molecule has 1 fully saturated rings. The van der Waals surface area contributed by atoms with Gasteiger partial charge in [0.15, 0.2) is 9.84 Å². The summed E-state index contributed by atoms with van der Waals surface area (Å²) in [6, 6.07) is 8.73. The Morgan fingerprint density at radius 1 is 1.14 bits per heavy atom. The molecule has 1 aliphatic rings. The third-order valence-corrected chi connectivity index (χ3v) is 6.92. The van der Waals surface area contributed by atoms with Gasteiger partial charge in [-0.05, 0) is 31.9 Å². The van der Waals surface area contributed by atoms with Crippen LogP contribution in [-0.4, -0.2) is 37.0 Å². The van der Waals surface area contributed by atoms with E-state index in [2.05, 4.69) is 15.1 Å². The van der Waals surface area contributed by atoms with Gasteiger partial charge >= 0.3 is 0 Å². The van der Waals surface area contributed by atoms with Crippen molar-refractivity contribution in [2.24, 2.45) is 0 Å². The van der Waals surface area contributed by atoms with E-state index in [0.717, 1.165) is 10.1 Å². The van der Waals surface area contributed by atoms with Gasteiger partial charge < -0.3 is 4.90 Å². The largest absolute Gasteiger partial charge is 0.347 e. The van der Waals surface area contributed by atoms with Gasteiger partial charge in [0, 0.05) is 13.1 Å². The quantitative estimate of drug-likeness (QED) is 0.867. The van der Waals surface area contributed by atoms with Gasteiger partial charge in [0.05, 0.1) is 10.1 Å². The van der Waals surface area contributed by atoms with Crippen LogP contribution in [0.25, 0.3) is 0 Å². The maximum Gasteiger partial charge on any atom is 0.208 e. The molecule has 2 heterocycles. The minimum Gasteiger partial charge on any atom is -0.347 e. The highest BCUT2D eigenvalue weighted by Crippen LogP contribution is 2.28. The Labute approximate surface area is 128 Å². The molecule has 0 N–H and O–H groups in total. The number of sulfone groups is 1. The van der Waals surface area contributed by atoms with Gasteiger partial charge in [-0.1, -0.05) is 29.5 Å². The van der Waals surface area contributed by atoms with Crippen molar-refractivity contribution >= 4 is 26.3 Å². The molecule has 21 heavy (non-hydrogen) atoms. The van der Waals surface area contributed by atoms with Gasteiger partial charge in [-0.15, -0.1) is 10.2 Å². The first-order valence-corrected chi connectivity index (χ1v) is 9.27. The van der Waals surface area contributed by atoms with Crippen molar-refractivity contribution in [2.75, 3.05) is 18.0 Å². The molecule has 5 nitrogen and oxygen atoms in total. The lowest BCUT2D eigenvalue weighted by Gasteiger charge is -2.31. The molecule has 0 atom stereocenters. The fourth-order valence-electron chi connectivity index (χ4n) is 2.57. The summed E-state index contributed by atoms with van der Waals surface area (Å²) in [5.74, 6) is 0. The summed E-state index contributed by atoms with van der Waals surface area (Å²) in [6.45, 7) is 3.35. The second-order valence-corrected chi connectivity index (χ2v) is 8.54. The molecule has 0 amide bonds. The lowest BCUT2D eigenvalue weighted by molar-refractivity contribution is 0.529. The Balaban J connectivity index is 1.71. The van der Waals surface area contributed by atoms with E-state index in [9.17, 15) is 8.42 Å². The molecule has 3 rings (SSSR count). The second-order valence-electron chi connectivity index (χ2n) is 5.15. The molecular weight excluding hydrogens is 306 g/mol. The van der Waals surface area contributed by atoms with Gasteiger partial charge in [-0.3, -0.25) is 0 Å². The summed E-state index contributed by atoms with van der Waals surface area (Å²) in [7, 11) is -3.22. The van der Waals surface area contributed by atoms with Crippen molar-refractivity contribution < 1.29 is 8.42 Å². The van der Waals surface area contributed by atoms with Crippen molar-refractivity contribution in [3.05, 3.63) is 35.3 Å². The van der Waals surface area contributed by atoms with Gasteiger partial charge in [0.25, 0.3) is 0 Å². The van der Waals surface area contributed by atoms with Gasteiger partial charge in [0.2, 0.25) is 5.13 Å². The molecule has 0 bridgehead atoms. The molecule has 1 saturated heterocycles. The SMILES string of the molecule is Cc1nnc(N2CCC(S(=O)(=O)c3ccccc3)CC2)s1. The number of benzene rings is 1. The molecule has 0 radical (unpaired) electrons. The van der Waals surface area contributed by atoms with Crippen LogP contribution >= 0.6 is 11.3 Å². The Bertz CT molecular complexity index is 705. The fraction of sp³-hybridized carbons (Fsp3) is 0.429. The summed E-state index contributed by atoms with van der Waals surface area (Å²) < 4.78 is 25.2. The van der Waals surface area contributed by atoms with Gasteiger partial charge in [-0.2, -0.15) is 0 Å². The number of piperidine rings is 1. The molecule has 112 valence electrons. The molecule has 7 heteroatoms. The third-order valence-electron chi connectivity index (χ3n) is 3.74. The Morgan fingerprint density at radius 3 is 2.38 bits per heavy atom. The first-order valence-electron chi connectivity index (χ1n) is 6.91. The Kier molecular flexibility index (Phi) is 3.95. The van der Waals surface area contributed by atoms with Crippen LogP contribution in [0.2, 0.25) is 0 Å².